The summed E-state index contributed by atoms with van der Waals surface area (Å²) in [5, 5.41) is 3.21. The lowest BCUT2D eigenvalue weighted by Crippen LogP contribution is -2.44. The highest BCUT2D eigenvalue weighted by Gasteiger charge is 2.38. The van der Waals surface area contributed by atoms with Crippen molar-refractivity contribution in [3.05, 3.63) is 12.3 Å². The monoisotopic (exact) mass is 153 g/mol. The molecule has 0 bridgehead atoms. The topological polar surface area (TPSA) is 38.3 Å². The van der Waals surface area contributed by atoms with Crippen molar-refractivity contribution in [2.24, 2.45) is 0 Å². The third-order valence-corrected chi connectivity index (χ3v) is 2.21. The second-order valence-electron chi connectivity index (χ2n) is 3.09. The minimum atomic E-state index is -0.341. The van der Waals surface area contributed by atoms with Crippen LogP contribution in [0.3, 0.4) is 0 Å². The van der Waals surface area contributed by atoms with Gasteiger partial charge in [0.05, 0.1) is 12.7 Å². The van der Waals surface area contributed by atoms with E-state index in [4.69, 9.17) is 4.74 Å². The van der Waals surface area contributed by atoms with Crippen LogP contribution < -0.4 is 5.32 Å². The molecular formula is C8H11NO2. The normalized spacial score (nSPS) is 36.2. The van der Waals surface area contributed by atoms with Gasteiger partial charge in [-0.1, -0.05) is 0 Å². The van der Waals surface area contributed by atoms with Crippen LogP contribution in [0.25, 0.3) is 0 Å². The van der Waals surface area contributed by atoms with Crippen LogP contribution in [0, 0.1) is 0 Å². The van der Waals surface area contributed by atoms with Gasteiger partial charge in [0.1, 0.15) is 0 Å². The van der Waals surface area contributed by atoms with Crippen LogP contribution in [-0.4, -0.2) is 18.1 Å². The van der Waals surface area contributed by atoms with Crippen molar-refractivity contribution in [2.75, 3.05) is 6.54 Å². The minimum Gasteiger partial charge on any atom is -0.480 e. The fourth-order valence-corrected chi connectivity index (χ4v) is 1.65. The molecule has 0 saturated carbocycles. The summed E-state index contributed by atoms with van der Waals surface area (Å²) in [5.41, 5.74) is -0.341. The molecule has 1 atom stereocenters. The van der Waals surface area contributed by atoms with Crippen molar-refractivity contribution in [1.29, 1.82) is 0 Å². The number of ether oxygens (including phenoxy) is 1. The maximum absolute atomic E-state index is 11.0. The van der Waals surface area contributed by atoms with E-state index in [9.17, 15) is 4.79 Å². The number of nitrogens with one attached hydrogen (secondary N) is 1. The molecule has 2 rings (SSSR count). The fourth-order valence-electron chi connectivity index (χ4n) is 1.65. The van der Waals surface area contributed by atoms with Gasteiger partial charge in [0.25, 0.3) is 0 Å². The number of hydrogen-bond donors (Lipinski definition) is 1. The van der Waals surface area contributed by atoms with E-state index in [2.05, 4.69) is 5.32 Å². The smallest absolute Gasteiger partial charge is 0.167 e. The van der Waals surface area contributed by atoms with Crippen molar-refractivity contribution in [3.63, 3.8) is 0 Å². The molecule has 0 aromatic rings. The number of ketones is 1. The summed E-state index contributed by atoms with van der Waals surface area (Å²) >= 11 is 0. The lowest BCUT2D eigenvalue weighted by atomic mass is 10.0. The van der Waals surface area contributed by atoms with E-state index in [1.54, 1.807) is 0 Å². The van der Waals surface area contributed by atoms with Gasteiger partial charge in [0.2, 0.25) is 0 Å². The first kappa shape index (κ1) is 6.85. The van der Waals surface area contributed by atoms with Gasteiger partial charge < -0.3 is 4.74 Å². The molecule has 0 radical (unpaired) electrons. The first-order valence-electron chi connectivity index (χ1n) is 3.93. The number of hydrogen-bond acceptors (Lipinski definition) is 3. The Balaban J connectivity index is 2.15. The van der Waals surface area contributed by atoms with Crippen molar-refractivity contribution >= 4 is 5.78 Å². The summed E-state index contributed by atoms with van der Waals surface area (Å²) < 4.78 is 5.38. The van der Waals surface area contributed by atoms with Gasteiger partial charge in [0, 0.05) is 12.5 Å². The molecule has 11 heavy (non-hydrogen) atoms. The molecule has 60 valence electrons. The zero-order valence-electron chi connectivity index (χ0n) is 6.30. The van der Waals surface area contributed by atoms with Crippen molar-refractivity contribution in [1.82, 2.24) is 5.32 Å². The molecule has 2 heterocycles. The molecule has 3 heteroatoms. The van der Waals surface area contributed by atoms with Gasteiger partial charge in [-0.15, -0.1) is 0 Å². The van der Waals surface area contributed by atoms with Gasteiger partial charge in [-0.05, 0) is 13.0 Å². The van der Waals surface area contributed by atoms with E-state index in [-0.39, 0.29) is 11.5 Å². The fraction of sp³-hybridized carbons (Fsp3) is 0.625. The van der Waals surface area contributed by atoms with Gasteiger partial charge in [0.15, 0.2) is 11.5 Å². The Kier molecular flexibility index (Phi) is 1.46. The number of carbonyl (C=O) groups excluding carboxylic acids is 1. The molecule has 2 aliphatic heterocycles. The maximum atomic E-state index is 11.0. The minimum absolute atomic E-state index is 0.158. The molecule has 3 nitrogen and oxygen atoms in total. The molecule has 2 aliphatic rings. The number of allylic oxidation sites excluding steroid dienone is 1. The molecule has 0 amide bonds. The van der Waals surface area contributed by atoms with E-state index in [1.165, 1.54) is 12.3 Å². The molecule has 1 unspecified atom stereocenters. The molecule has 0 aromatic carbocycles. The molecule has 1 fully saturated rings. The summed E-state index contributed by atoms with van der Waals surface area (Å²) in [7, 11) is 0. The van der Waals surface area contributed by atoms with Crippen molar-refractivity contribution in [3.8, 4) is 0 Å². The number of carbonyl (C=O) groups is 1. The summed E-state index contributed by atoms with van der Waals surface area (Å²) in [6, 6.07) is 0. The quantitative estimate of drug-likeness (QED) is 0.553. The Morgan fingerprint density at radius 2 is 2.55 bits per heavy atom. The van der Waals surface area contributed by atoms with Gasteiger partial charge in [-0.25, -0.2) is 0 Å². The Labute approximate surface area is 65.4 Å². The standard InChI is InChI=1S/C8H11NO2/c10-7-2-5-11-8(6-7)3-1-4-9-8/h2,5,9H,1,3-4,6H2. The average Bonchev–Trinajstić information content (AvgIpc) is 2.37. The number of rotatable bonds is 0. The van der Waals surface area contributed by atoms with Crippen molar-refractivity contribution in [2.45, 2.75) is 25.0 Å². The second kappa shape index (κ2) is 2.34. The molecular weight excluding hydrogens is 142 g/mol. The van der Waals surface area contributed by atoms with Crippen molar-refractivity contribution < 1.29 is 9.53 Å². The lowest BCUT2D eigenvalue weighted by molar-refractivity contribution is -0.123. The maximum Gasteiger partial charge on any atom is 0.167 e. The molecule has 1 N–H and O–H groups in total. The third-order valence-electron chi connectivity index (χ3n) is 2.21. The van der Waals surface area contributed by atoms with E-state index in [0.717, 1.165) is 19.4 Å². The molecule has 1 spiro atoms. The van der Waals surface area contributed by atoms with Crippen LogP contribution in [0.15, 0.2) is 12.3 Å². The molecule has 0 aromatic heterocycles. The Morgan fingerprint density at radius 3 is 3.18 bits per heavy atom. The second-order valence-corrected chi connectivity index (χ2v) is 3.09. The Hall–Kier alpha value is -0.830. The summed E-state index contributed by atoms with van der Waals surface area (Å²) in [5.74, 6) is 0.158. The van der Waals surface area contributed by atoms with Crippen LogP contribution in [0.1, 0.15) is 19.3 Å². The first-order chi connectivity index (χ1) is 5.31. The SMILES string of the molecule is O=C1C=COC2(CCCN2)C1. The summed E-state index contributed by atoms with van der Waals surface area (Å²) in [6.45, 7) is 0.959. The van der Waals surface area contributed by atoms with Crippen LogP contribution in [0.2, 0.25) is 0 Å². The summed E-state index contributed by atoms with van der Waals surface area (Å²) in [6.07, 6.45) is 5.53. The first-order valence-corrected chi connectivity index (χ1v) is 3.93. The highest BCUT2D eigenvalue weighted by atomic mass is 16.5. The molecule has 1 saturated heterocycles. The van der Waals surface area contributed by atoms with E-state index < -0.39 is 0 Å². The van der Waals surface area contributed by atoms with E-state index in [0.29, 0.717) is 6.42 Å². The third kappa shape index (κ3) is 1.16. The van der Waals surface area contributed by atoms with Crippen LogP contribution in [0.4, 0.5) is 0 Å². The highest BCUT2D eigenvalue weighted by molar-refractivity contribution is 5.90. The van der Waals surface area contributed by atoms with Gasteiger partial charge in [-0.2, -0.15) is 0 Å². The summed E-state index contributed by atoms with van der Waals surface area (Å²) in [4.78, 5) is 11.0. The average molecular weight is 153 g/mol. The lowest BCUT2D eigenvalue weighted by Gasteiger charge is -2.29. The van der Waals surface area contributed by atoms with E-state index >= 15 is 0 Å². The predicted octanol–water partition coefficient (Wildman–Crippen LogP) is 0.569. The zero-order valence-corrected chi connectivity index (χ0v) is 6.30. The highest BCUT2D eigenvalue weighted by Crippen LogP contribution is 2.27. The Morgan fingerprint density at radius 1 is 1.64 bits per heavy atom. The molecule has 0 aliphatic carbocycles. The van der Waals surface area contributed by atoms with Gasteiger partial charge >= 0.3 is 0 Å². The Bertz CT molecular complexity index is 204. The largest absolute Gasteiger partial charge is 0.480 e. The van der Waals surface area contributed by atoms with Gasteiger partial charge in [-0.3, -0.25) is 10.1 Å². The zero-order chi connectivity index (χ0) is 7.73. The van der Waals surface area contributed by atoms with Crippen LogP contribution in [-0.2, 0) is 9.53 Å². The van der Waals surface area contributed by atoms with Crippen LogP contribution >= 0.6 is 0 Å². The predicted molar refractivity (Wildman–Crippen MR) is 39.8 cm³/mol. The van der Waals surface area contributed by atoms with Crippen LogP contribution in [0.5, 0.6) is 0 Å². The van der Waals surface area contributed by atoms with E-state index in [1.807, 2.05) is 0 Å².